The Hall–Kier alpha value is -0.928. The molecule has 1 fully saturated rings. The molecule has 0 aromatic carbocycles. The highest BCUT2D eigenvalue weighted by Crippen LogP contribution is 2.37. The third-order valence-corrected chi connectivity index (χ3v) is 7.52. The maximum atomic E-state index is 14.6. The number of fused-ring (bicyclic) bond motifs is 1. The van der Waals surface area contributed by atoms with Gasteiger partial charge in [-0.1, -0.05) is 31.2 Å². The Labute approximate surface area is 172 Å². The Morgan fingerprint density at radius 1 is 1.21 bits per heavy atom. The van der Waals surface area contributed by atoms with Gasteiger partial charge in [-0.2, -0.15) is 0 Å². The van der Waals surface area contributed by atoms with Crippen LogP contribution in [0.25, 0.3) is 11.0 Å². The van der Waals surface area contributed by atoms with Gasteiger partial charge in [0.2, 0.25) is 0 Å². The zero-order valence-electron chi connectivity index (χ0n) is 17.7. The van der Waals surface area contributed by atoms with Crippen molar-refractivity contribution in [3.05, 3.63) is 23.2 Å². The summed E-state index contributed by atoms with van der Waals surface area (Å²) < 4.78 is 34.0. The van der Waals surface area contributed by atoms with Gasteiger partial charge < -0.3 is 18.6 Å². The van der Waals surface area contributed by atoms with Gasteiger partial charge in [-0.3, -0.25) is 0 Å². The normalized spacial score (nSPS) is 19.0. The average Bonchev–Trinajstić information content (AvgIpc) is 2.95. The molecule has 0 N–H and O–H groups in total. The summed E-state index contributed by atoms with van der Waals surface area (Å²) in [4.78, 5) is 4.42. The van der Waals surface area contributed by atoms with Crippen molar-refractivity contribution in [1.29, 1.82) is 0 Å². The fraction of sp³-hybridized carbons (Fsp3) is 0.632. The van der Waals surface area contributed by atoms with E-state index in [1.165, 1.54) is 6.20 Å². The van der Waals surface area contributed by atoms with Crippen molar-refractivity contribution in [2.24, 2.45) is 0 Å². The molecule has 0 spiro atoms. The lowest BCUT2D eigenvalue weighted by atomic mass is 9.80. The molecule has 0 bridgehead atoms. The molecular weight excluding hydrogens is 398 g/mol. The van der Waals surface area contributed by atoms with Crippen LogP contribution in [0.15, 0.2) is 12.3 Å². The van der Waals surface area contributed by atoms with Crippen LogP contribution in [0.4, 0.5) is 4.39 Å². The molecule has 2 aromatic rings. The van der Waals surface area contributed by atoms with Crippen LogP contribution in [-0.4, -0.2) is 42.6 Å². The number of ether oxygens (including phenoxy) is 1. The molecule has 1 aliphatic rings. The summed E-state index contributed by atoms with van der Waals surface area (Å²) in [6.07, 6.45) is 1.40. The number of nitrogens with zero attached hydrogens (tertiary/aromatic N) is 2. The van der Waals surface area contributed by atoms with Gasteiger partial charge in [0.05, 0.1) is 16.6 Å². The SMILES string of the molecule is CC1(C)OB(c2cc3c(F)cn(COCC[Si](C)(C)C)c3nc2Cl)OC1(C)C. The molecule has 1 aliphatic heterocycles. The van der Waals surface area contributed by atoms with E-state index in [0.29, 0.717) is 23.1 Å². The molecule has 0 saturated carbocycles. The zero-order chi connectivity index (χ0) is 20.9. The van der Waals surface area contributed by atoms with E-state index in [0.717, 1.165) is 6.04 Å². The molecule has 3 rings (SSSR count). The number of pyridine rings is 1. The fourth-order valence-electron chi connectivity index (χ4n) is 2.93. The summed E-state index contributed by atoms with van der Waals surface area (Å²) in [5.74, 6) is -0.370. The van der Waals surface area contributed by atoms with E-state index in [1.807, 2.05) is 27.7 Å². The van der Waals surface area contributed by atoms with E-state index in [-0.39, 0.29) is 17.7 Å². The van der Waals surface area contributed by atoms with Crippen molar-refractivity contribution < 1.29 is 18.4 Å². The molecule has 5 nitrogen and oxygen atoms in total. The van der Waals surface area contributed by atoms with Gasteiger partial charge in [0.1, 0.15) is 23.3 Å². The smallest absolute Gasteiger partial charge is 0.399 e. The summed E-state index contributed by atoms with van der Waals surface area (Å²) in [7, 11) is -1.86. The monoisotopic (exact) mass is 426 g/mol. The van der Waals surface area contributed by atoms with E-state index in [9.17, 15) is 4.39 Å². The second kappa shape index (κ2) is 7.40. The average molecular weight is 427 g/mol. The molecule has 3 heterocycles. The molecule has 9 heteroatoms. The molecule has 0 radical (unpaired) electrons. The summed E-state index contributed by atoms with van der Waals surface area (Å²) in [5, 5.41) is 0.621. The molecule has 2 aromatic heterocycles. The van der Waals surface area contributed by atoms with E-state index in [1.54, 1.807) is 10.6 Å². The van der Waals surface area contributed by atoms with Crippen LogP contribution in [-0.2, 0) is 20.8 Å². The Morgan fingerprint density at radius 2 is 1.82 bits per heavy atom. The minimum absolute atomic E-state index is 0.240. The second-order valence-corrected chi connectivity index (χ2v) is 15.6. The van der Waals surface area contributed by atoms with E-state index in [4.69, 9.17) is 25.6 Å². The largest absolute Gasteiger partial charge is 0.498 e. The van der Waals surface area contributed by atoms with Crippen LogP contribution in [0.2, 0.25) is 30.8 Å². The number of aromatic nitrogens is 2. The van der Waals surface area contributed by atoms with Crippen LogP contribution in [0, 0.1) is 5.82 Å². The quantitative estimate of drug-likeness (QED) is 0.389. The third kappa shape index (κ3) is 4.31. The Morgan fingerprint density at radius 3 is 2.39 bits per heavy atom. The highest BCUT2D eigenvalue weighted by atomic mass is 35.5. The maximum absolute atomic E-state index is 14.6. The summed E-state index contributed by atoms with van der Waals surface area (Å²) in [6.45, 7) is 15.6. The molecule has 0 amide bonds. The molecule has 0 unspecified atom stereocenters. The first-order valence-corrected chi connectivity index (χ1v) is 13.7. The van der Waals surface area contributed by atoms with E-state index < -0.39 is 26.4 Å². The van der Waals surface area contributed by atoms with Gasteiger partial charge in [-0.25, -0.2) is 9.37 Å². The van der Waals surface area contributed by atoms with Crippen LogP contribution in [0.1, 0.15) is 27.7 Å². The van der Waals surface area contributed by atoms with Crippen LogP contribution < -0.4 is 5.46 Å². The van der Waals surface area contributed by atoms with Crippen molar-refractivity contribution in [3.63, 3.8) is 0 Å². The molecule has 0 aliphatic carbocycles. The Balaban J connectivity index is 1.84. The second-order valence-electron chi connectivity index (χ2n) is 9.62. The number of halogens is 2. The Bertz CT molecular complexity index is 866. The van der Waals surface area contributed by atoms with Gasteiger partial charge in [0, 0.05) is 26.3 Å². The number of hydrogen-bond donors (Lipinski definition) is 0. The first-order valence-electron chi connectivity index (χ1n) is 9.59. The van der Waals surface area contributed by atoms with Crippen LogP contribution >= 0.6 is 11.6 Å². The van der Waals surface area contributed by atoms with Crippen molar-refractivity contribution >= 4 is 43.3 Å². The van der Waals surface area contributed by atoms with Crippen molar-refractivity contribution in [2.45, 2.75) is 71.3 Å². The minimum atomic E-state index is -1.17. The van der Waals surface area contributed by atoms with Gasteiger partial charge in [-0.15, -0.1) is 0 Å². The van der Waals surface area contributed by atoms with Crippen molar-refractivity contribution in [2.75, 3.05) is 6.61 Å². The number of hydrogen-bond acceptors (Lipinski definition) is 4. The first kappa shape index (κ1) is 21.8. The highest BCUT2D eigenvalue weighted by Gasteiger charge is 2.52. The lowest BCUT2D eigenvalue weighted by molar-refractivity contribution is 0.00578. The summed E-state index contributed by atoms with van der Waals surface area (Å²) >= 11 is 6.43. The third-order valence-electron chi connectivity index (χ3n) is 5.52. The molecular formula is C19H29BClFN2O3Si. The van der Waals surface area contributed by atoms with Crippen LogP contribution in [0.3, 0.4) is 0 Å². The molecule has 154 valence electrons. The van der Waals surface area contributed by atoms with E-state index >= 15 is 0 Å². The van der Waals surface area contributed by atoms with Gasteiger partial charge in [-0.05, 0) is 39.8 Å². The van der Waals surface area contributed by atoms with E-state index in [2.05, 4.69) is 24.6 Å². The highest BCUT2D eigenvalue weighted by molar-refractivity contribution is 6.76. The topological polar surface area (TPSA) is 45.5 Å². The predicted octanol–water partition coefficient (Wildman–Crippen LogP) is 4.44. The lowest BCUT2D eigenvalue weighted by Gasteiger charge is -2.32. The number of rotatable bonds is 6. The molecule has 1 saturated heterocycles. The molecule has 0 atom stereocenters. The summed E-state index contributed by atoms with van der Waals surface area (Å²) in [5.41, 5.74) is -0.0326. The minimum Gasteiger partial charge on any atom is -0.399 e. The maximum Gasteiger partial charge on any atom is 0.498 e. The fourth-order valence-corrected chi connectivity index (χ4v) is 3.91. The van der Waals surface area contributed by atoms with Crippen molar-refractivity contribution in [3.8, 4) is 0 Å². The van der Waals surface area contributed by atoms with Gasteiger partial charge in [0.15, 0.2) is 0 Å². The van der Waals surface area contributed by atoms with Crippen LogP contribution in [0.5, 0.6) is 0 Å². The standard InChI is InChI=1S/C19H29BClFN2O3Si/c1-18(2)19(3,4)27-20(26-18)14-10-13-15(22)11-24(17(13)23-16(14)21)12-25-8-9-28(5,6)7/h10-11H,8-9,12H2,1-7H3. The zero-order valence-corrected chi connectivity index (χ0v) is 19.5. The summed E-state index contributed by atoms with van der Waals surface area (Å²) in [6, 6.07) is 2.72. The van der Waals surface area contributed by atoms with Gasteiger partial charge in [0.25, 0.3) is 0 Å². The van der Waals surface area contributed by atoms with Crippen molar-refractivity contribution in [1.82, 2.24) is 9.55 Å². The first-order chi connectivity index (χ1) is 12.8. The Kier molecular flexibility index (Phi) is 5.75. The predicted molar refractivity (Wildman–Crippen MR) is 115 cm³/mol. The lowest BCUT2D eigenvalue weighted by Crippen LogP contribution is -2.41. The molecule has 28 heavy (non-hydrogen) atoms. The van der Waals surface area contributed by atoms with Gasteiger partial charge >= 0.3 is 7.12 Å².